The van der Waals surface area contributed by atoms with E-state index in [9.17, 15) is 8.78 Å². The maximum atomic E-state index is 14.2. The van der Waals surface area contributed by atoms with Crippen molar-refractivity contribution in [1.82, 2.24) is 4.98 Å². The molecule has 1 aliphatic heterocycles. The molecule has 0 saturated heterocycles. The summed E-state index contributed by atoms with van der Waals surface area (Å²) in [6, 6.07) is 6.05. The zero-order chi connectivity index (χ0) is 24.0. The van der Waals surface area contributed by atoms with Gasteiger partial charge in [-0.1, -0.05) is 0 Å². The number of allylic oxidation sites excluding steroid dienone is 2. The van der Waals surface area contributed by atoms with E-state index in [0.29, 0.717) is 45.1 Å². The summed E-state index contributed by atoms with van der Waals surface area (Å²) in [7, 11) is 0. The van der Waals surface area contributed by atoms with Crippen LogP contribution < -0.4 is 16.2 Å². The molecule has 0 radical (unpaired) electrons. The molecule has 0 saturated carbocycles. The predicted octanol–water partition coefficient (Wildman–Crippen LogP) is 3.96. The topological polar surface area (TPSA) is 111 Å². The van der Waals surface area contributed by atoms with Crippen LogP contribution in [-0.4, -0.2) is 42.9 Å². The second-order valence-electron chi connectivity index (χ2n) is 7.40. The molecule has 4 N–H and O–H groups in total. The first kappa shape index (κ1) is 23.8. The molecule has 33 heavy (non-hydrogen) atoms. The molecule has 9 heteroatoms. The largest absolute Gasteiger partial charge is 0.482 e. The zero-order valence-corrected chi connectivity index (χ0v) is 18.6. The summed E-state index contributed by atoms with van der Waals surface area (Å²) >= 11 is 0. The number of aromatic nitrogens is 1. The van der Waals surface area contributed by atoms with Gasteiger partial charge in [0.25, 0.3) is 0 Å². The van der Waals surface area contributed by atoms with E-state index in [1.807, 2.05) is 0 Å². The standard InChI is InChI=1S/C24H26F2N6O/c1-14(28)8-21-19-5-4-18(26)10-20(19)15(2)33-22-9-16(12-32-24(22)29-3)23(30-7-6-25)17(11-27)13-31-21/h4-5,8-12,15H,3,6-7,13,27-28H2,1-2H3/t15-/m1/s1. The molecule has 0 aliphatic carbocycles. The Labute approximate surface area is 191 Å². The second-order valence-corrected chi connectivity index (χ2v) is 7.40. The van der Waals surface area contributed by atoms with Gasteiger partial charge in [-0.25, -0.2) is 18.8 Å². The molecule has 1 aromatic heterocycles. The van der Waals surface area contributed by atoms with E-state index in [0.717, 1.165) is 0 Å². The zero-order valence-electron chi connectivity index (χ0n) is 18.6. The van der Waals surface area contributed by atoms with Gasteiger partial charge in [0.1, 0.15) is 18.6 Å². The summed E-state index contributed by atoms with van der Waals surface area (Å²) in [5.74, 6) is 0.163. The number of rotatable bonds is 4. The summed E-state index contributed by atoms with van der Waals surface area (Å²) in [5.41, 5.74) is 15.6. The smallest absolute Gasteiger partial charge is 0.194 e. The lowest BCUT2D eigenvalue weighted by molar-refractivity contribution is 0.226. The van der Waals surface area contributed by atoms with Crippen LogP contribution in [0.15, 0.2) is 69.0 Å². The molecule has 2 heterocycles. The number of hydrogen-bond acceptors (Lipinski definition) is 7. The van der Waals surface area contributed by atoms with Gasteiger partial charge in [-0.3, -0.25) is 9.98 Å². The minimum Gasteiger partial charge on any atom is -0.482 e. The Bertz CT molecular complexity index is 1170. The summed E-state index contributed by atoms with van der Waals surface area (Å²) in [6.07, 6.45) is 4.01. The highest BCUT2D eigenvalue weighted by Crippen LogP contribution is 2.33. The Morgan fingerprint density at radius 3 is 2.82 bits per heavy atom. The third-order valence-corrected chi connectivity index (χ3v) is 4.93. The molecule has 0 amide bonds. The van der Waals surface area contributed by atoms with Crippen molar-refractivity contribution in [2.24, 2.45) is 26.4 Å². The lowest BCUT2D eigenvalue weighted by atomic mass is 9.97. The molecule has 172 valence electrons. The maximum absolute atomic E-state index is 14.2. The molecular weight excluding hydrogens is 426 g/mol. The van der Waals surface area contributed by atoms with E-state index in [2.05, 4.69) is 21.7 Å². The fourth-order valence-electron chi connectivity index (χ4n) is 3.46. The van der Waals surface area contributed by atoms with Gasteiger partial charge in [-0.05, 0) is 50.9 Å². The molecule has 3 rings (SSSR count). The Morgan fingerprint density at radius 1 is 1.36 bits per heavy atom. The Balaban J connectivity index is 2.31. The van der Waals surface area contributed by atoms with Crippen molar-refractivity contribution in [3.8, 4) is 5.75 Å². The molecule has 1 aliphatic rings. The van der Waals surface area contributed by atoms with Gasteiger partial charge >= 0.3 is 0 Å². The van der Waals surface area contributed by atoms with Crippen molar-refractivity contribution in [1.29, 1.82) is 0 Å². The molecule has 2 aromatic rings. The van der Waals surface area contributed by atoms with Crippen LogP contribution in [0.4, 0.5) is 14.6 Å². The van der Waals surface area contributed by atoms with Gasteiger partial charge in [0.2, 0.25) is 0 Å². The van der Waals surface area contributed by atoms with Crippen LogP contribution in [0, 0.1) is 5.82 Å². The first-order valence-corrected chi connectivity index (χ1v) is 10.3. The maximum Gasteiger partial charge on any atom is 0.194 e. The van der Waals surface area contributed by atoms with Crippen molar-refractivity contribution in [2.75, 3.05) is 19.8 Å². The van der Waals surface area contributed by atoms with Gasteiger partial charge in [0.15, 0.2) is 11.6 Å². The van der Waals surface area contributed by atoms with Crippen LogP contribution in [0.1, 0.15) is 36.6 Å². The summed E-state index contributed by atoms with van der Waals surface area (Å²) in [4.78, 5) is 17.3. The van der Waals surface area contributed by atoms with Crippen molar-refractivity contribution < 1.29 is 13.5 Å². The van der Waals surface area contributed by atoms with Crippen LogP contribution in [0.5, 0.6) is 5.75 Å². The van der Waals surface area contributed by atoms with Gasteiger partial charge in [-0.2, -0.15) is 0 Å². The fraction of sp³-hybridized carbons (Fsp3) is 0.250. The van der Waals surface area contributed by atoms with E-state index in [1.165, 1.54) is 24.5 Å². The van der Waals surface area contributed by atoms with Gasteiger partial charge in [-0.15, -0.1) is 0 Å². The van der Waals surface area contributed by atoms with E-state index in [1.54, 1.807) is 32.1 Å². The molecule has 1 aromatic carbocycles. The number of ether oxygens (including phenoxy) is 1. The Kier molecular flexibility index (Phi) is 7.66. The number of aliphatic imine (C=N–C) groups is 3. The first-order chi connectivity index (χ1) is 15.9. The second kappa shape index (κ2) is 10.6. The Morgan fingerprint density at radius 2 is 2.15 bits per heavy atom. The molecule has 7 nitrogen and oxygen atoms in total. The van der Waals surface area contributed by atoms with Crippen LogP contribution in [0.25, 0.3) is 0 Å². The molecule has 2 bridgehead atoms. The lowest BCUT2D eigenvalue weighted by Crippen LogP contribution is -2.17. The molecule has 1 atom stereocenters. The summed E-state index contributed by atoms with van der Waals surface area (Å²) in [6.45, 7) is 6.50. The highest BCUT2D eigenvalue weighted by Gasteiger charge is 2.21. The third kappa shape index (κ3) is 5.49. The van der Waals surface area contributed by atoms with Crippen molar-refractivity contribution in [2.45, 2.75) is 20.0 Å². The first-order valence-electron chi connectivity index (χ1n) is 10.3. The molecule has 0 spiro atoms. The van der Waals surface area contributed by atoms with Gasteiger partial charge in [0, 0.05) is 40.4 Å². The number of fused-ring (bicyclic) bond motifs is 3. The number of halogens is 2. The van der Waals surface area contributed by atoms with E-state index < -0.39 is 18.6 Å². The fourth-order valence-corrected chi connectivity index (χ4v) is 3.46. The summed E-state index contributed by atoms with van der Waals surface area (Å²) < 4.78 is 33.3. The monoisotopic (exact) mass is 452 g/mol. The number of hydrogen-bond donors (Lipinski definition) is 2. The normalized spacial score (nSPS) is 19.2. The number of nitrogens with two attached hydrogens (primary N) is 2. The SMILES string of the molecule is C=Nc1ncc2cc1O[C@H](C)c1cc(F)ccc1C(C=C(C)N)=NCC(=CN)C2=NCCF. The highest BCUT2D eigenvalue weighted by molar-refractivity contribution is 6.14. The quantitative estimate of drug-likeness (QED) is 0.684. The minimum absolute atomic E-state index is 0.0543. The molecule has 0 unspecified atom stereocenters. The predicted molar refractivity (Wildman–Crippen MR) is 128 cm³/mol. The van der Waals surface area contributed by atoms with Crippen LogP contribution in [0.2, 0.25) is 0 Å². The minimum atomic E-state index is -0.635. The van der Waals surface area contributed by atoms with Crippen LogP contribution in [0.3, 0.4) is 0 Å². The highest BCUT2D eigenvalue weighted by atomic mass is 19.1. The number of pyridine rings is 1. The van der Waals surface area contributed by atoms with Crippen LogP contribution in [-0.2, 0) is 0 Å². The van der Waals surface area contributed by atoms with Gasteiger partial charge < -0.3 is 16.2 Å². The average molecular weight is 453 g/mol. The summed E-state index contributed by atoms with van der Waals surface area (Å²) in [5, 5.41) is 0. The average Bonchev–Trinajstić information content (AvgIpc) is 2.79. The molecular formula is C24H26F2N6O. The van der Waals surface area contributed by atoms with Crippen molar-refractivity contribution in [3.05, 3.63) is 76.5 Å². The van der Waals surface area contributed by atoms with Crippen LogP contribution >= 0.6 is 0 Å². The molecule has 0 fully saturated rings. The van der Waals surface area contributed by atoms with Crippen molar-refractivity contribution in [3.63, 3.8) is 0 Å². The lowest BCUT2D eigenvalue weighted by Gasteiger charge is -2.21. The van der Waals surface area contributed by atoms with Gasteiger partial charge in [0.05, 0.1) is 24.5 Å². The van der Waals surface area contributed by atoms with E-state index in [-0.39, 0.29) is 18.9 Å². The number of alkyl halides is 1. The van der Waals surface area contributed by atoms with E-state index >= 15 is 0 Å². The Hall–Kier alpha value is -3.88. The number of benzene rings is 1. The van der Waals surface area contributed by atoms with Crippen molar-refractivity contribution >= 4 is 24.0 Å². The number of nitrogens with zero attached hydrogens (tertiary/aromatic N) is 4. The third-order valence-electron chi connectivity index (χ3n) is 4.93. The van der Waals surface area contributed by atoms with E-state index in [4.69, 9.17) is 21.2 Å².